The van der Waals surface area contributed by atoms with E-state index in [1.54, 1.807) is 0 Å². The second-order valence-electron chi connectivity index (χ2n) is 4.70. The first-order valence-corrected chi connectivity index (χ1v) is 6.68. The summed E-state index contributed by atoms with van der Waals surface area (Å²) in [7, 11) is 2.14. The van der Waals surface area contributed by atoms with Crippen molar-refractivity contribution in [2.75, 3.05) is 18.9 Å². The van der Waals surface area contributed by atoms with E-state index in [0.29, 0.717) is 0 Å². The minimum absolute atomic E-state index is 0.736. The van der Waals surface area contributed by atoms with Crippen LogP contribution >= 0.6 is 11.6 Å². The molecule has 1 aliphatic rings. The van der Waals surface area contributed by atoms with Crippen LogP contribution in [0, 0.1) is 0 Å². The number of anilines is 1. The van der Waals surface area contributed by atoms with Crippen molar-refractivity contribution in [3.63, 3.8) is 0 Å². The SMILES string of the molecule is CCCNc1ccc(Cl)c(CN(C)C2CC2)n1. The lowest BCUT2D eigenvalue weighted by molar-refractivity contribution is 0.313. The van der Waals surface area contributed by atoms with Gasteiger partial charge in [0.15, 0.2) is 0 Å². The minimum Gasteiger partial charge on any atom is -0.370 e. The number of rotatable bonds is 6. The summed E-state index contributed by atoms with van der Waals surface area (Å²) in [5, 5.41) is 4.06. The normalized spacial score (nSPS) is 15.3. The van der Waals surface area contributed by atoms with Gasteiger partial charge in [-0.2, -0.15) is 0 Å². The molecule has 0 atom stereocenters. The van der Waals surface area contributed by atoms with Crippen molar-refractivity contribution in [2.24, 2.45) is 0 Å². The first kappa shape index (κ1) is 12.7. The smallest absolute Gasteiger partial charge is 0.126 e. The first-order chi connectivity index (χ1) is 8.20. The highest BCUT2D eigenvalue weighted by molar-refractivity contribution is 6.31. The molecule has 4 heteroatoms. The van der Waals surface area contributed by atoms with E-state index in [1.165, 1.54) is 12.8 Å². The van der Waals surface area contributed by atoms with Crippen LogP contribution in [0.15, 0.2) is 12.1 Å². The zero-order valence-electron chi connectivity index (χ0n) is 10.5. The summed E-state index contributed by atoms with van der Waals surface area (Å²) in [4.78, 5) is 6.91. The standard InChI is InChI=1S/C13H20ClN3/c1-3-8-15-13-7-6-11(14)12(16-13)9-17(2)10-4-5-10/h6-7,10H,3-5,8-9H2,1-2H3,(H,15,16). The summed E-state index contributed by atoms with van der Waals surface area (Å²) in [6.07, 6.45) is 3.71. The number of nitrogens with zero attached hydrogens (tertiary/aromatic N) is 2. The number of pyridine rings is 1. The van der Waals surface area contributed by atoms with Gasteiger partial charge in [0.05, 0.1) is 10.7 Å². The molecule has 0 radical (unpaired) electrons. The molecule has 3 nitrogen and oxygen atoms in total. The molecule has 17 heavy (non-hydrogen) atoms. The molecule has 1 fully saturated rings. The lowest BCUT2D eigenvalue weighted by atomic mass is 10.3. The quantitative estimate of drug-likeness (QED) is 0.844. The van der Waals surface area contributed by atoms with Crippen LogP contribution in [0.4, 0.5) is 5.82 Å². The summed E-state index contributed by atoms with van der Waals surface area (Å²) in [5.74, 6) is 0.926. The van der Waals surface area contributed by atoms with Gasteiger partial charge < -0.3 is 5.32 Å². The Kier molecular flexibility index (Phi) is 4.24. The third kappa shape index (κ3) is 3.58. The predicted octanol–water partition coefficient (Wildman–Crippen LogP) is 3.15. The molecule has 0 amide bonds. The van der Waals surface area contributed by atoms with Crippen molar-refractivity contribution < 1.29 is 0 Å². The minimum atomic E-state index is 0.736. The fraction of sp³-hybridized carbons (Fsp3) is 0.615. The van der Waals surface area contributed by atoms with E-state index >= 15 is 0 Å². The molecule has 0 aliphatic heterocycles. The topological polar surface area (TPSA) is 28.2 Å². The Balaban J connectivity index is 2.02. The predicted molar refractivity (Wildman–Crippen MR) is 72.5 cm³/mol. The first-order valence-electron chi connectivity index (χ1n) is 6.30. The van der Waals surface area contributed by atoms with Gasteiger partial charge in [0.1, 0.15) is 5.82 Å². The van der Waals surface area contributed by atoms with Crippen molar-refractivity contribution in [3.05, 3.63) is 22.8 Å². The molecule has 1 aromatic heterocycles. The van der Waals surface area contributed by atoms with Gasteiger partial charge >= 0.3 is 0 Å². The Labute approximate surface area is 108 Å². The van der Waals surface area contributed by atoms with E-state index in [0.717, 1.165) is 42.1 Å². The molecule has 0 aromatic carbocycles. The fourth-order valence-corrected chi connectivity index (χ4v) is 1.99. The van der Waals surface area contributed by atoms with Crippen LogP contribution in [-0.2, 0) is 6.54 Å². The summed E-state index contributed by atoms with van der Waals surface area (Å²) in [6, 6.07) is 4.61. The second kappa shape index (κ2) is 5.69. The number of hydrogen-bond donors (Lipinski definition) is 1. The average Bonchev–Trinajstić information content (AvgIpc) is 3.14. The van der Waals surface area contributed by atoms with E-state index in [4.69, 9.17) is 11.6 Å². The second-order valence-corrected chi connectivity index (χ2v) is 5.11. The molecule has 0 unspecified atom stereocenters. The number of nitrogens with one attached hydrogen (secondary N) is 1. The average molecular weight is 254 g/mol. The molecule has 94 valence electrons. The maximum atomic E-state index is 6.18. The zero-order valence-corrected chi connectivity index (χ0v) is 11.3. The highest BCUT2D eigenvalue weighted by Crippen LogP contribution is 2.28. The van der Waals surface area contributed by atoms with E-state index in [2.05, 4.69) is 29.2 Å². The molecule has 1 N–H and O–H groups in total. The Morgan fingerprint density at radius 3 is 2.88 bits per heavy atom. The molecule has 2 rings (SSSR count). The third-order valence-corrected chi connectivity index (χ3v) is 3.39. The van der Waals surface area contributed by atoms with E-state index in [-0.39, 0.29) is 0 Å². The van der Waals surface area contributed by atoms with Gasteiger partial charge in [-0.15, -0.1) is 0 Å². The van der Waals surface area contributed by atoms with Crippen LogP contribution in [0.5, 0.6) is 0 Å². The van der Waals surface area contributed by atoms with Gasteiger partial charge in [-0.25, -0.2) is 4.98 Å². The van der Waals surface area contributed by atoms with Crippen LogP contribution in [0.25, 0.3) is 0 Å². The number of hydrogen-bond acceptors (Lipinski definition) is 3. The molecule has 1 heterocycles. The Morgan fingerprint density at radius 1 is 1.47 bits per heavy atom. The summed E-state index contributed by atoms with van der Waals surface area (Å²) >= 11 is 6.18. The van der Waals surface area contributed by atoms with Crippen molar-refractivity contribution in [1.29, 1.82) is 0 Å². The molecular formula is C13H20ClN3. The van der Waals surface area contributed by atoms with Gasteiger partial charge in [0.2, 0.25) is 0 Å². The number of halogens is 1. The van der Waals surface area contributed by atoms with Crippen LogP contribution in [-0.4, -0.2) is 29.5 Å². The Hall–Kier alpha value is -0.800. The summed E-state index contributed by atoms with van der Waals surface area (Å²) < 4.78 is 0. The van der Waals surface area contributed by atoms with Gasteiger partial charge in [0, 0.05) is 19.1 Å². The molecule has 1 aliphatic carbocycles. The van der Waals surface area contributed by atoms with E-state index < -0.39 is 0 Å². The molecule has 0 spiro atoms. The monoisotopic (exact) mass is 253 g/mol. The Morgan fingerprint density at radius 2 is 2.24 bits per heavy atom. The molecular weight excluding hydrogens is 234 g/mol. The molecule has 0 saturated heterocycles. The largest absolute Gasteiger partial charge is 0.370 e. The number of aromatic nitrogens is 1. The van der Waals surface area contributed by atoms with E-state index in [9.17, 15) is 0 Å². The Bertz CT molecular complexity index is 377. The molecule has 1 saturated carbocycles. The van der Waals surface area contributed by atoms with Crippen LogP contribution < -0.4 is 5.32 Å². The van der Waals surface area contributed by atoms with E-state index in [1.807, 2.05) is 12.1 Å². The molecule has 1 aromatic rings. The maximum Gasteiger partial charge on any atom is 0.126 e. The zero-order chi connectivity index (χ0) is 12.3. The summed E-state index contributed by atoms with van der Waals surface area (Å²) in [6.45, 7) is 3.93. The van der Waals surface area contributed by atoms with Crippen molar-refractivity contribution >= 4 is 17.4 Å². The van der Waals surface area contributed by atoms with Gasteiger partial charge in [-0.05, 0) is 38.4 Å². The van der Waals surface area contributed by atoms with Gasteiger partial charge in [-0.1, -0.05) is 18.5 Å². The highest BCUT2D eigenvalue weighted by Gasteiger charge is 2.26. The molecule has 0 bridgehead atoms. The highest BCUT2D eigenvalue weighted by atomic mass is 35.5. The van der Waals surface area contributed by atoms with Crippen LogP contribution in [0.3, 0.4) is 0 Å². The van der Waals surface area contributed by atoms with Crippen molar-refractivity contribution in [3.8, 4) is 0 Å². The van der Waals surface area contributed by atoms with Gasteiger partial charge in [-0.3, -0.25) is 4.90 Å². The lowest BCUT2D eigenvalue weighted by Gasteiger charge is -2.16. The van der Waals surface area contributed by atoms with Crippen molar-refractivity contribution in [1.82, 2.24) is 9.88 Å². The van der Waals surface area contributed by atoms with Crippen LogP contribution in [0.2, 0.25) is 5.02 Å². The lowest BCUT2D eigenvalue weighted by Crippen LogP contribution is -2.21. The van der Waals surface area contributed by atoms with Crippen LogP contribution in [0.1, 0.15) is 31.9 Å². The summed E-state index contributed by atoms with van der Waals surface area (Å²) in [5.41, 5.74) is 0.974. The maximum absolute atomic E-state index is 6.18. The third-order valence-electron chi connectivity index (χ3n) is 3.04. The fourth-order valence-electron chi connectivity index (χ4n) is 1.83. The van der Waals surface area contributed by atoms with Gasteiger partial charge in [0.25, 0.3) is 0 Å². The van der Waals surface area contributed by atoms with Crippen molar-refractivity contribution in [2.45, 2.75) is 38.8 Å².